The number of aromatic amines is 1. The number of halogens is 1. The van der Waals surface area contributed by atoms with Crippen LogP contribution in [0.3, 0.4) is 0 Å². The number of fused-ring (bicyclic) bond motifs is 2. The molecule has 24 heavy (non-hydrogen) atoms. The van der Waals surface area contributed by atoms with Crippen LogP contribution in [0.5, 0.6) is 5.75 Å². The lowest BCUT2D eigenvalue weighted by Gasteiger charge is -2.11. The van der Waals surface area contributed by atoms with Gasteiger partial charge in [-0.3, -0.25) is 9.78 Å². The van der Waals surface area contributed by atoms with Crippen LogP contribution in [-0.2, 0) is 4.74 Å². The largest absolute Gasteiger partial charge is 0.492 e. The number of hydrogen-bond donors (Lipinski definition) is 1. The molecule has 0 aliphatic carbocycles. The van der Waals surface area contributed by atoms with Gasteiger partial charge < -0.3 is 13.9 Å². The average Bonchev–Trinajstić information content (AvgIpc) is 2.55. The number of ether oxygens (including phenoxy) is 2. The number of nitrogens with zero attached hydrogens (tertiary/aromatic N) is 1. The number of H-pyrrole nitrogens is 1. The van der Waals surface area contributed by atoms with Gasteiger partial charge in [-0.2, -0.15) is 4.98 Å². The van der Waals surface area contributed by atoms with E-state index in [0.717, 1.165) is 12.8 Å². The molecule has 0 atom stereocenters. The van der Waals surface area contributed by atoms with Crippen molar-refractivity contribution in [2.45, 2.75) is 12.8 Å². The number of methoxy groups -OCH3 is 1. The summed E-state index contributed by atoms with van der Waals surface area (Å²) in [6.07, 6.45) is 1.71. The van der Waals surface area contributed by atoms with Gasteiger partial charge in [0.2, 0.25) is 5.89 Å². The molecule has 1 N–H and O–H groups in total. The highest BCUT2D eigenvalue weighted by Crippen LogP contribution is 2.35. The molecule has 2 aliphatic rings. The molecule has 1 aromatic rings. The fourth-order valence-corrected chi connectivity index (χ4v) is 2.58. The molecule has 0 radical (unpaired) electrons. The molecule has 126 valence electrons. The Morgan fingerprint density at radius 3 is 2.83 bits per heavy atom. The van der Waals surface area contributed by atoms with Crippen LogP contribution in [0.2, 0.25) is 5.02 Å². The first kappa shape index (κ1) is 16.5. The summed E-state index contributed by atoms with van der Waals surface area (Å²) in [5.74, 6) is 0.410. The van der Waals surface area contributed by atoms with E-state index in [-0.39, 0.29) is 16.5 Å². The lowest BCUT2D eigenvalue weighted by atomic mass is 10.1. The molecule has 0 bridgehead atoms. The highest BCUT2D eigenvalue weighted by molar-refractivity contribution is 6.36. The van der Waals surface area contributed by atoms with Gasteiger partial charge >= 0.3 is 5.69 Å². The molecule has 0 spiro atoms. The highest BCUT2D eigenvalue weighted by atomic mass is 35.5. The maximum atomic E-state index is 11.8. The van der Waals surface area contributed by atoms with Gasteiger partial charge in [0.25, 0.3) is 5.56 Å². The van der Waals surface area contributed by atoms with Crippen molar-refractivity contribution < 1.29 is 13.9 Å². The third kappa shape index (κ3) is 3.27. The van der Waals surface area contributed by atoms with Crippen LogP contribution in [0.1, 0.15) is 12.8 Å². The van der Waals surface area contributed by atoms with Gasteiger partial charge in [-0.1, -0.05) is 11.6 Å². The quantitative estimate of drug-likeness (QED) is 0.542. The van der Waals surface area contributed by atoms with E-state index in [9.17, 15) is 9.59 Å². The minimum Gasteiger partial charge on any atom is -0.492 e. The number of hydrogen-bond acceptors (Lipinski definition) is 6. The van der Waals surface area contributed by atoms with Crippen LogP contribution >= 0.6 is 11.6 Å². The maximum absolute atomic E-state index is 11.8. The van der Waals surface area contributed by atoms with Gasteiger partial charge in [0.15, 0.2) is 5.58 Å². The number of benzene rings is 1. The predicted molar refractivity (Wildman–Crippen MR) is 89.1 cm³/mol. The molecule has 1 aromatic carbocycles. The van der Waals surface area contributed by atoms with Gasteiger partial charge in [0.05, 0.1) is 6.61 Å². The summed E-state index contributed by atoms with van der Waals surface area (Å²) in [5, 5.41) is 0.890. The number of aromatic nitrogens is 2. The zero-order valence-electron chi connectivity index (χ0n) is 12.9. The van der Waals surface area contributed by atoms with Crippen molar-refractivity contribution >= 4 is 22.6 Å². The van der Waals surface area contributed by atoms with Crippen LogP contribution in [0, 0.1) is 0 Å². The van der Waals surface area contributed by atoms with Crippen molar-refractivity contribution in [2.24, 2.45) is 0 Å². The van der Waals surface area contributed by atoms with Crippen molar-refractivity contribution in [1.82, 2.24) is 9.97 Å². The first-order valence-corrected chi connectivity index (χ1v) is 7.76. The maximum Gasteiger partial charge on any atom is 0.351 e. The summed E-state index contributed by atoms with van der Waals surface area (Å²) in [6, 6.07) is 5.03. The standard InChI is InChI=1S/C16H15ClN2O5/c1-22-6-2-3-7-23-11-5-4-9-8-10-14(20)18-16(21)19-15(10)24-13(9)12(11)17/h4-5,8H,2-3,6-7H2,1H3,(H,18,20,21). The van der Waals surface area contributed by atoms with Gasteiger partial charge in [-0.25, -0.2) is 4.79 Å². The highest BCUT2D eigenvalue weighted by Gasteiger charge is 2.17. The molecule has 0 aromatic heterocycles. The van der Waals surface area contributed by atoms with Crippen LogP contribution in [0.15, 0.2) is 32.2 Å². The molecule has 2 heterocycles. The average molecular weight is 351 g/mol. The van der Waals surface area contributed by atoms with Gasteiger partial charge in [-0.05, 0) is 31.0 Å². The van der Waals surface area contributed by atoms with E-state index in [1.54, 1.807) is 25.3 Å². The van der Waals surface area contributed by atoms with E-state index in [4.69, 9.17) is 25.5 Å². The summed E-state index contributed by atoms with van der Waals surface area (Å²) >= 11 is 6.33. The Balaban J connectivity index is 1.96. The fraction of sp³-hybridized carbons (Fsp3) is 0.312. The third-order valence-corrected chi connectivity index (χ3v) is 3.85. The molecule has 0 amide bonds. The Kier molecular flexibility index (Phi) is 4.82. The topological polar surface area (TPSA) is 94.4 Å². The van der Waals surface area contributed by atoms with E-state index in [2.05, 4.69) is 9.97 Å². The van der Waals surface area contributed by atoms with Crippen LogP contribution in [0.4, 0.5) is 0 Å². The Labute approximate surface area is 141 Å². The normalized spacial score (nSPS) is 11.2. The molecule has 0 fully saturated rings. The summed E-state index contributed by atoms with van der Waals surface area (Å²) in [7, 11) is 1.65. The zero-order valence-corrected chi connectivity index (χ0v) is 13.7. The summed E-state index contributed by atoms with van der Waals surface area (Å²) in [6.45, 7) is 1.17. The molecular weight excluding hydrogens is 336 g/mol. The first-order valence-electron chi connectivity index (χ1n) is 7.38. The Morgan fingerprint density at radius 1 is 1.25 bits per heavy atom. The molecule has 0 unspecified atom stereocenters. The molecule has 2 aliphatic heterocycles. The SMILES string of the molecule is COCCCCOc1ccc2cc3c(=O)[nH]c(=O)nc-3oc2c1Cl. The van der Waals surface area contributed by atoms with Gasteiger partial charge in [0.1, 0.15) is 16.3 Å². The second-order valence-electron chi connectivity index (χ2n) is 5.18. The number of rotatable bonds is 6. The Morgan fingerprint density at radius 2 is 2.04 bits per heavy atom. The second-order valence-corrected chi connectivity index (χ2v) is 5.56. The molecule has 8 heteroatoms. The van der Waals surface area contributed by atoms with Crippen molar-refractivity contribution in [2.75, 3.05) is 20.3 Å². The van der Waals surface area contributed by atoms with Crippen molar-refractivity contribution in [3.8, 4) is 17.2 Å². The monoisotopic (exact) mass is 350 g/mol. The lowest BCUT2D eigenvalue weighted by Crippen LogP contribution is -2.24. The zero-order chi connectivity index (χ0) is 17.1. The molecule has 0 saturated heterocycles. The third-order valence-electron chi connectivity index (χ3n) is 3.49. The van der Waals surface area contributed by atoms with Crippen molar-refractivity contribution in [1.29, 1.82) is 0 Å². The molecule has 7 nitrogen and oxygen atoms in total. The molecule has 3 rings (SSSR count). The summed E-state index contributed by atoms with van der Waals surface area (Å²) < 4.78 is 16.2. The van der Waals surface area contributed by atoms with Gasteiger partial charge in [-0.15, -0.1) is 0 Å². The Bertz CT molecular complexity index is 949. The van der Waals surface area contributed by atoms with E-state index >= 15 is 0 Å². The van der Waals surface area contributed by atoms with Crippen molar-refractivity contribution in [3.63, 3.8) is 0 Å². The minimum atomic E-state index is -0.766. The predicted octanol–water partition coefficient (Wildman–Crippen LogP) is 2.44. The van der Waals surface area contributed by atoms with Crippen molar-refractivity contribution in [3.05, 3.63) is 44.1 Å². The number of unbranched alkanes of at least 4 members (excludes halogenated alkanes) is 1. The van der Waals surface area contributed by atoms with E-state index in [1.165, 1.54) is 0 Å². The van der Waals surface area contributed by atoms with Gasteiger partial charge in [0, 0.05) is 19.1 Å². The molecular formula is C16H15ClN2O5. The lowest BCUT2D eigenvalue weighted by molar-refractivity contribution is 0.184. The van der Waals surface area contributed by atoms with Crippen LogP contribution < -0.4 is 16.0 Å². The van der Waals surface area contributed by atoms with E-state index < -0.39 is 11.2 Å². The molecule has 0 saturated carbocycles. The van der Waals surface area contributed by atoms with Crippen LogP contribution in [-0.4, -0.2) is 30.3 Å². The van der Waals surface area contributed by atoms with E-state index in [1.807, 2.05) is 0 Å². The fourth-order valence-electron chi connectivity index (χ4n) is 2.31. The Hall–Kier alpha value is -2.38. The number of nitrogens with one attached hydrogen (secondary N) is 1. The van der Waals surface area contributed by atoms with Crippen LogP contribution in [0.25, 0.3) is 22.4 Å². The summed E-state index contributed by atoms with van der Waals surface area (Å²) in [5.41, 5.74) is -0.815. The smallest absolute Gasteiger partial charge is 0.351 e. The minimum absolute atomic E-state index is 0.0598. The summed E-state index contributed by atoms with van der Waals surface area (Å²) in [4.78, 5) is 28.9. The second kappa shape index (κ2) is 7.02. The van der Waals surface area contributed by atoms with E-state index in [0.29, 0.717) is 29.9 Å². The first-order chi connectivity index (χ1) is 11.6.